The highest BCUT2D eigenvalue weighted by atomic mass is 16.5. The Balaban J connectivity index is 2.02. The van der Waals surface area contributed by atoms with Crippen molar-refractivity contribution in [2.24, 2.45) is 0 Å². The number of rotatable bonds is 6. The molecule has 0 aliphatic heterocycles. The smallest absolute Gasteiger partial charge is 0.226 e. The second-order valence-electron chi connectivity index (χ2n) is 5.40. The van der Waals surface area contributed by atoms with Crippen LogP contribution in [-0.4, -0.2) is 22.3 Å². The maximum absolute atomic E-state index is 12.3. The molecular weight excluding hydrogens is 278 g/mol. The molecule has 0 fully saturated rings. The molecule has 5 nitrogen and oxygen atoms in total. The number of ether oxygens (including phenoxy) is 1. The molecule has 118 valence electrons. The summed E-state index contributed by atoms with van der Waals surface area (Å²) in [5.41, 5.74) is 2.73. The van der Waals surface area contributed by atoms with Crippen LogP contribution in [0, 0.1) is 13.8 Å². The van der Waals surface area contributed by atoms with Gasteiger partial charge >= 0.3 is 0 Å². The van der Waals surface area contributed by atoms with Crippen molar-refractivity contribution in [3.8, 4) is 5.75 Å². The molecule has 0 saturated heterocycles. The minimum Gasteiger partial charge on any atom is -0.492 e. The third kappa shape index (κ3) is 3.87. The van der Waals surface area contributed by atoms with Crippen LogP contribution in [0.4, 0.5) is 5.69 Å². The van der Waals surface area contributed by atoms with Gasteiger partial charge in [0.25, 0.3) is 0 Å². The average Bonchev–Trinajstić information content (AvgIpc) is 2.80. The van der Waals surface area contributed by atoms with Crippen molar-refractivity contribution in [2.45, 2.75) is 40.2 Å². The average molecular weight is 301 g/mol. The maximum Gasteiger partial charge on any atom is 0.226 e. The molecular formula is C17H23N3O2. The first kappa shape index (κ1) is 16.1. The van der Waals surface area contributed by atoms with Crippen LogP contribution < -0.4 is 10.1 Å². The van der Waals surface area contributed by atoms with Gasteiger partial charge < -0.3 is 10.1 Å². The van der Waals surface area contributed by atoms with E-state index in [0.29, 0.717) is 24.5 Å². The summed E-state index contributed by atoms with van der Waals surface area (Å²) in [6, 6.07) is 9.48. The normalized spacial score (nSPS) is 12.0. The third-order valence-electron chi connectivity index (χ3n) is 3.40. The number of carbonyl (C=O) groups excluding carboxylic acids is 1. The van der Waals surface area contributed by atoms with Crippen LogP contribution in [0.5, 0.6) is 5.75 Å². The monoisotopic (exact) mass is 301 g/mol. The Morgan fingerprint density at radius 1 is 1.36 bits per heavy atom. The minimum absolute atomic E-state index is 0.00737. The summed E-state index contributed by atoms with van der Waals surface area (Å²) in [6.07, 6.45) is 0.364. The lowest BCUT2D eigenvalue weighted by Crippen LogP contribution is -2.19. The van der Waals surface area contributed by atoms with Gasteiger partial charge in [0.1, 0.15) is 5.75 Å². The molecule has 1 heterocycles. The highest BCUT2D eigenvalue weighted by Crippen LogP contribution is 2.24. The van der Waals surface area contributed by atoms with Gasteiger partial charge in [-0.05, 0) is 45.9 Å². The van der Waals surface area contributed by atoms with Crippen molar-refractivity contribution < 1.29 is 9.53 Å². The molecule has 0 saturated carbocycles. The van der Waals surface area contributed by atoms with Crippen molar-refractivity contribution in [1.82, 2.24) is 9.78 Å². The van der Waals surface area contributed by atoms with E-state index >= 15 is 0 Å². The van der Waals surface area contributed by atoms with Crippen LogP contribution in [-0.2, 0) is 4.79 Å². The van der Waals surface area contributed by atoms with Gasteiger partial charge in [-0.1, -0.05) is 12.1 Å². The van der Waals surface area contributed by atoms with E-state index in [9.17, 15) is 4.79 Å². The second-order valence-corrected chi connectivity index (χ2v) is 5.40. The SMILES string of the molecule is CCOc1ccccc1NC(=O)C[C@H](C)n1nc(C)cc1C. The fourth-order valence-electron chi connectivity index (χ4n) is 2.50. The van der Waals surface area contributed by atoms with Crippen molar-refractivity contribution >= 4 is 11.6 Å². The lowest BCUT2D eigenvalue weighted by molar-refractivity contribution is -0.116. The summed E-state index contributed by atoms with van der Waals surface area (Å²) in [5.74, 6) is 0.643. The van der Waals surface area contributed by atoms with Gasteiger partial charge in [0.2, 0.25) is 5.91 Å². The van der Waals surface area contributed by atoms with Crippen LogP contribution in [0.1, 0.15) is 37.7 Å². The van der Waals surface area contributed by atoms with Crippen molar-refractivity contribution in [3.63, 3.8) is 0 Å². The first-order valence-corrected chi connectivity index (χ1v) is 7.55. The molecule has 0 spiro atoms. The standard InChI is InChI=1S/C17H23N3O2/c1-5-22-16-9-7-6-8-15(16)18-17(21)11-14(4)20-13(3)10-12(2)19-20/h6-10,14H,5,11H2,1-4H3,(H,18,21)/t14-/m0/s1. The van der Waals surface area contributed by atoms with Crippen molar-refractivity contribution in [1.29, 1.82) is 0 Å². The lowest BCUT2D eigenvalue weighted by atomic mass is 10.2. The van der Waals surface area contributed by atoms with Crippen LogP contribution in [0.15, 0.2) is 30.3 Å². The number of hydrogen-bond acceptors (Lipinski definition) is 3. The first-order chi connectivity index (χ1) is 10.5. The molecule has 1 atom stereocenters. The highest BCUT2D eigenvalue weighted by Gasteiger charge is 2.15. The number of aryl methyl sites for hydroxylation is 2. The van der Waals surface area contributed by atoms with Crippen molar-refractivity contribution in [3.05, 3.63) is 41.7 Å². The number of para-hydroxylation sites is 2. The summed E-state index contributed by atoms with van der Waals surface area (Å²) in [6.45, 7) is 8.43. The number of hydrogen-bond donors (Lipinski definition) is 1. The molecule has 0 unspecified atom stereocenters. The van der Waals surface area contributed by atoms with Crippen LogP contribution >= 0.6 is 0 Å². The molecule has 0 bridgehead atoms. The number of amides is 1. The molecule has 1 aromatic carbocycles. The Kier molecular flexibility index (Phi) is 5.20. The fraction of sp³-hybridized carbons (Fsp3) is 0.412. The van der Waals surface area contributed by atoms with Crippen molar-refractivity contribution in [2.75, 3.05) is 11.9 Å². The summed E-state index contributed by atoms with van der Waals surface area (Å²) < 4.78 is 7.41. The molecule has 1 N–H and O–H groups in total. The Morgan fingerprint density at radius 3 is 2.73 bits per heavy atom. The summed E-state index contributed by atoms with van der Waals surface area (Å²) >= 11 is 0. The molecule has 5 heteroatoms. The molecule has 2 aromatic rings. The largest absolute Gasteiger partial charge is 0.492 e. The summed E-state index contributed by atoms with van der Waals surface area (Å²) in [7, 11) is 0. The Bertz CT molecular complexity index is 649. The van der Waals surface area contributed by atoms with Crippen LogP contribution in [0.25, 0.3) is 0 Å². The number of aromatic nitrogens is 2. The Morgan fingerprint density at radius 2 is 2.09 bits per heavy atom. The Hall–Kier alpha value is -2.30. The van der Waals surface area contributed by atoms with E-state index in [1.807, 2.05) is 62.7 Å². The van der Waals surface area contributed by atoms with E-state index in [4.69, 9.17) is 4.74 Å². The highest BCUT2D eigenvalue weighted by molar-refractivity contribution is 5.92. The fourth-order valence-corrected chi connectivity index (χ4v) is 2.50. The van der Waals surface area contributed by atoms with Gasteiger partial charge in [-0.15, -0.1) is 0 Å². The van der Waals surface area contributed by atoms with E-state index in [2.05, 4.69) is 10.4 Å². The minimum atomic E-state index is -0.0489. The molecule has 2 rings (SSSR count). The van der Waals surface area contributed by atoms with Gasteiger partial charge in [0.15, 0.2) is 0 Å². The van der Waals surface area contributed by atoms with Gasteiger partial charge in [0.05, 0.1) is 24.0 Å². The zero-order valence-electron chi connectivity index (χ0n) is 13.6. The van der Waals surface area contributed by atoms with Crippen LogP contribution in [0.3, 0.4) is 0 Å². The van der Waals surface area contributed by atoms with E-state index < -0.39 is 0 Å². The number of nitrogens with zero attached hydrogens (tertiary/aromatic N) is 2. The molecule has 1 amide bonds. The topological polar surface area (TPSA) is 56.1 Å². The van der Waals surface area contributed by atoms with E-state index in [-0.39, 0.29) is 11.9 Å². The number of carbonyl (C=O) groups is 1. The van der Waals surface area contributed by atoms with Gasteiger partial charge in [-0.3, -0.25) is 9.48 Å². The quantitative estimate of drug-likeness (QED) is 0.888. The molecule has 1 aromatic heterocycles. The molecule has 0 radical (unpaired) electrons. The number of nitrogens with one attached hydrogen (secondary N) is 1. The van der Waals surface area contributed by atoms with E-state index in [0.717, 1.165) is 11.4 Å². The summed E-state index contributed by atoms with van der Waals surface area (Å²) in [4.78, 5) is 12.3. The predicted molar refractivity (Wildman–Crippen MR) is 87.3 cm³/mol. The van der Waals surface area contributed by atoms with E-state index in [1.165, 1.54) is 0 Å². The zero-order valence-corrected chi connectivity index (χ0v) is 13.6. The number of benzene rings is 1. The number of anilines is 1. The molecule has 0 aliphatic rings. The molecule has 0 aliphatic carbocycles. The zero-order chi connectivity index (χ0) is 16.1. The lowest BCUT2D eigenvalue weighted by Gasteiger charge is -2.15. The van der Waals surface area contributed by atoms with E-state index in [1.54, 1.807) is 0 Å². The predicted octanol–water partition coefficient (Wildman–Crippen LogP) is 3.49. The maximum atomic E-state index is 12.3. The first-order valence-electron chi connectivity index (χ1n) is 7.55. The van der Waals surface area contributed by atoms with Gasteiger partial charge in [0, 0.05) is 12.1 Å². The summed E-state index contributed by atoms with van der Waals surface area (Å²) in [5, 5.41) is 7.35. The van der Waals surface area contributed by atoms with Gasteiger partial charge in [-0.25, -0.2) is 0 Å². The molecule has 22 heavy (non-hydrogen) atoms. The second kappa shape index (κ2) is 7.11. The van der Waals surface area contributed by atoms with Gasteiger partial charge in [-0.2, -0.15) is 5.10 Å². The Labute approximate surface area is 131 Å². The van der Waals surface area contributed by atoms with Crippen LogP contribution in [0.2, 0.25) is 0 Å². The third-order valence-corrected chi connectivity index (χ3v) is 3.40.